The van der Waals surface area contributed by atoms with Crippen molar-refractivity contribution in [3.05, 3.63) is 35.4 Å². The second-order valence-corrected chi connectivity index (χ2v) is 7.19. The Balaban J connectivity index is 1.87. The van der Waals surface area contributed by atoms with E-state index in [2.05, 4.69) is 19.2 Å². The van der Waals surface area contributed by atoms with Gasteiger partial charge in [0.2, 0.25) is 5.91 Å². The number of likely N-dealkylation sites (N-methyl/N-ethyl adjacent to an activating group) is 1. The molecule has 132 valence electrons. The number of nitrogens with zero attached hydrogens (tertiary/aromatic N) is 2. The fraction of sp³-hybridized carbons (Fsp3) is 0.579. The Kier molecular flexibility index (Phi) is 6.37. The first-order valence-electron chi connectivity index (χ1n) is 8.66. The predicted molar refractivity (Wildman–Crippen MR) is 95.7 cm³/mol. The maximum Gasteiger partial charge on any atom is 0.251 e. The summed E-state index contributed by atoms with van der Waals surface area (Å²) >= 11 is 0. The molecule has 0 bridgehead atoms. The van der Waals surface area contributed by atoms with Gasteiger partial charge in [0, 0.05) is 32.2 Å². The molecule has 2 rings (SSSR count). The fourth-order valence-electron chi connectivity index (χ4n) is 3.47. The second kappa shape index (κ2) is 8.29. The van der Waals surface area contributed by atoms with Crippen molar-refractivity contribution < 1.29 is 9.59 Å². The predicted octanol–water partition coefficient (Wildman–Crippen LogP) is 1.98. The molecule has 0 saturated carbocycles. The number of carbonyl (C=O) groups is 2. The summed E-state index contributed by atoms with van der Waals surface area (Å²) in [7, 11) is 3.58. The maximum atomic E-state index is 12.5. The van der Waals surface area contributed by atoms with Crippen molar-refractivity contribution in [2.45, 2.75) is 26.8 Å². The highest BCUT2D eigenvalue weighted by Gasteiger charge is 2.25. The summed E-state index contributed by atoms with van der Waals surface area (Å²) in [6.07, 6.45) is 1.21. The van der Waals surface area contributed by atoms with Crippen molar-refractivity contribution in [2.24, 2.45) is 11.8 Å². The minimum absolute atomic E-state index is 0.0848. The molecule has 5 heteroatoms. The lowest BCUT2D eigenvalue weighted by Gasteiger charge is -2.35. The molecule has 2 unspecified atom stereocenters. The van der Waals surface area contributed by atoms with Crippen molar-refractivity contribution in [3.63, 3.8) is 0 Å². The quantitative estimate of drug-likeness (QED) is 0.898. The van der Waals surface area contributed by atoms with Crippen molar-refractivity contribution in [1.82, 2.24) is 15.1 Å². The summed E-state index contributed by atoms with van der Waals surface area (Å²) < 4.78 is 0. The SMILES string of the molecule is CNC(=O)c1ccc(CN(C)CC(=O)N2CC(C)CC(C)C2)cc1. The van der Waals surface area contributed by atoms with Gasteiger partial charge in [-0.15, -0.1) is 0 Å². The Hall–Kier alpha value is -1.88. The van der Waals surface area contributed by atoms with E-state index < -0.39 is 0 Å². The summed E-state index contributed by atoms with van der Waals surface area (Å²) in [5, 5.41) is 2.61. The third-order valence-electron chi connectivity index (χ3n) is 4.52. The number of benzene rings is 1. The number of carbonyl (C=O) groups excluding carboxylic acids is 2. The van der Waals surface area contributed by atoms with E-state index in [1.807, 2.05) is 41.1 Å². The molecule has 0 aliphatic carbocycles. The van der Waals surface area contributed by atoms with Crippen molar-refractivity contribution in [3.8, 4) is 0 Å². The first kappa shape index (κ1) is 18.5. The molecule has 1 aliphatic rings. The van der Waals surface area contributed by atoms with Gasteiger partial charge in [-0.2, -0.15) is 0 Å². The molecule has 24 heavy (non-hydrogen) atoms. The van der Waals surface area contributed by atoms with Gasteiger partial charge in [-0.25, -0.2) is 0 Å². The van der Waals surface area contributed by atoms with Gasteiger partial charge in [0.25, 0.3) is 5.91 Å². The molecule has 1 aromatic rings. The molecule has 1 fully saturated rings. The summed E-state index contributed by atoms with van der Waals surface area (Å²) in [5.74, 6) is 1.29. The first-order chi connectivity index (χ1) is 11.4. The van der Waals surface area contributed by atoms with E-state index in [9.17, 15) is 9.59 Å². The van der Waals surface area contributed by atoms with E-state index in [4.69, 9.17) is 0 Å². The molecule has 5 nitrogen and oxygen atoms in total. The van der Waals surface area contributed by atoms with Gasteiger partial charge >= 0.3 is 0 Å². The zero-order valence-electron chi connectivity index (χ0n) is 15.2. The van der Waals surface area contributed by atoms with Gasteiger partial charge in [0.15, 0.2) is 0 Å². The topological polar surface area (TPSA) is 52.7 Å². The van der Waals surface area contributed by atoms with Crippen LogP contribution in [0.4, 0.5) is 0 Å². The van der Waals surface area contributed by atoms with E-state index in [0.717, 1.165) is 18.7 Å². The van der Waals surface area contributed by atoms with Crippen LogP contribution in [0.2, 0.25) is 0 Å². The molecular formula is C19H29N3O2. The van der Waals surface area contributed by atoms with Gasteiger partial charge in [0.05, 0.1) is 6.54 Å². The van der Waals surface area contributed by atoms with Crippen LogP contribution in [-0.2, 0) is 11.3 Å². The standard InChI is InChI=1S/C19H29N3O2/c1-14-9-15(2)11-22(10-14)18(23)13-21(4)12-16-5-7-17(8-6-16)19(24)20-3/h5-8,14-15H,9-13H2,1-4H3,(H,20,24). The molecule has 1 N–H and O–H groups in total. The number of piperidine rings is 1. The summed E-state index contributed by atoms with van der Waals surface area (Å²) in [6.45, 7) is 7.30. The Bertz CT molecular complexity index is 560. The van der Waals surface area contributed by atoms with Crippen LogP contribution in [-0.4, -0.2) is 55.3 Å². The lowest BCUT2D eigenvalue weighted by Crippen LogP contribution is -2.46. The normalized spacial score (nSPS) is 21.0. The smallest absolute Gasteiger partial charge is 0.251 e. The van der Waals surface area contributed by atoms with E-state index in [-0.39, 0.29) is 11.8 Å². The Morgan fingerprint density at radius 3 is 2.29 bits per heavy atom. The second-order valence-electron chi connectivity index (χ2n) is 7.19. The van der Waals surface area contributed by atoms with Crippen LogP contribution in [0.5, 0.6) is 0 Å². The van der Waals surface area contributed by atoms with Gasteiger partial charge in [-0.3, -0.25) is 14.5 Å². The van der Waals surface area contributed by atoms with Gasteiger partial charge in [-0.05, 0) is 43.0 Å². The Labute approximate surface area is 145 Å². The maximum absolute atomic E-state index is 12.5. The van der Waals surface area contributed by atoms with Crippen LogP contribution >= 0.6 is 0 Å². The van der Waals surface area contributed by atoms with Crippen LogP contribution in [0.1, 0.15) is 36.2 Å². The molecule has 0 radical (unpaired) electrons. The van der Waals surface area contributed by atoms with Gasteiger partial charge in [-0.1, -0.05) is 26.0 Å². The molecule has 0 spiro atoms. The summed E-state index contributed by atoms with van der Waals surface area (Å²) in [5.41, 5.74) is 1.75. The Morgan fingerprint density at radius 2 is 1.75 bits per heavy atom. The minimum Gasteiger partial charge on any atom is -0.355 e. The molecule has 1 aromatic carbocycles. The lowest BCUT2D eigenvalue weighted by molar-refractivity contribution is -0.134. The first-order valence-corrected chi connectivity index (χ1v) is 8.66. The van der Waals surface area contributed by atoms with E-state index in [0.29, 0.717) is 30.5 Å². The highest BCUT2D eigenvalue weighted by molar-refractivity contribution is 5.93. The number of amides is 2. The average molecular weight is 331 g/mol. The van der Waals surface area contributed by atoms with Crippen LogP contribution < -0.4 is 5.32 Å². The molecular weight excluding hydrogens is 302 g/mol. The molecule has 1 heterocycles. The molecule has 0 aromatic heterocycles. The van der Waals surface area contributed by atoms with E-state index in [1.165, 1.54) is 6.42 Å². The van der Waals surface area contributed by atoms with Gasteiger partial charge < -0.3 is 10.2 Å². The number of likely N-dealkylation sites (tertiary alicyclic amines) is 1. The highest BCUT2D eigenvalue weighted by atomic mass is 16.2. The fourth-order valence-corrected chi connectivity index (χ4v) is 3.47. The van der Waals surface area contributed by atoms with Crippen LogP contribution in [0, 0.1) is 11.8 Å². The lowest BCUT2D eigenvalue weighted by atomic mass is 9.92. The van der Waals surface area contributed by atoms with Crippen molar-refractivity contribution in [1.29, 1.82) is 0 Å². The number of nitrogens with one attached hydrogen (secondary N) is 1. The number of hydrogen-bond donors (Lipinski definition) is 1. The van der Waals surface area contributed by atoms with Crippen LogP contribution in [0.3, 0.4) is 0 Å². The third kappa shape index (κ3) is 5.06. The Morgan fingerprint density at radius 1 is 1.17 bits per heavy atom. The van der Waals surface area contributed by atoms with Gasteiger partial charge in [0.1, 0.15) is 0 Å². The number of hydrogen-bond acceptors (Lipinski definition) is 3. The molecule has 1 saturated heterocycles. The number of rotatable bonds is 5. The summed E-state index contributed by atoms with van der Waals surface area (Å²) in [4.78, 5) is 28.1. The van der Waals surface area contributed by atoms with E-state index in [1.54, 1.807) is 7.05 Å². The highest BCUT2D eigenvalue weighted by Crippen LogP contribution is 2.21. The summed E-state index contributed by atoms with van der Waals surface area (Å²) in [6, 6.07) is 7.52. The molecule has 2 atom stereocenters. The molecule has 2 amide bonds. The zero-order valence-corrected chi connectivity index (χ0v) is 15.2. The average Bonchev–Trinajstić information content (AvgIpc) is 2.53. The monoisotopic (exact) mass is 331 g/mol. The molecule has 1 aliphatic heterocycles. The van der Waals surface area contributed by atoms with Crippen LogP contribution in [0.25, 0.3) is 0 Å². The van der Waals surface area contributed by atoms with Crippen molar-refractivity contribution >= 4 is 11.8 Å². The minimum atomic E-state index is -0.0848. The van der Waals surface area contributed by atoms with E-state index >= 15 is 0 Å². The third-order valence-corrected chi connectivity index (χ3v) is 4.52. The largest absolute Gasteiger partial charge is 0.355 e. The van der Waals surface area contributed by atoms with Crippen molar-refractivity contribution in [2.75, 3.05) is 33.7 Å². The van der Waals surface area contributed by atoms with Crippen LogP contribution in [0.15, 0.2) is 24.3 Å². The zero-order chi connectivity index (χ0) is 17.7.